The van der Waals surface area contributed by atoms with Crippen LogP contribution in [0.1, 0.15) is 18.3 Å². The fourth-order valence-corrected chi connectivity index (χ4v) is 1.09. The maximum Gasteiger partial charge on any atom is 0.140 e. The van der Waals surface area contributed by atoms with Crippen molar-refractivity contribution < 1.29 is 4.74 Å². The van der Waals surface area contributed by atoms with Crippen molar-refractivity contribution in [1.29, 1.82) is 0 Å². The van der Waals surface area contributed by atoms with Gasteiger partial charge in [0.25, 0.3) is 0 Å². The van der Waals surface area contributed by atoms with Gasteiger partial charge in [-0.25, -0.2) is 0 Å². The van der Waals surface area contributed by atoms with Crippen LogP contribution < -0.4 is 10.5 Å². The van der Waals surface area contributed by atoms with E-state index in [2.05, 4.69) is 4.98 Å². The second kappa shape index (κ2) is 7.85. The maximum atomic E-state index is 5.46. The van der Waals surface area contributed by atoms with Crippen LogP contribution in [0.25, 0.3) is 0 Å². The fraction of sp³-hybridized carbons (Fsp3) is 0.444. The normalized spacial score (nSPS) is 8.50. The van der Waals surface area contributed by atoms with Gasteiger partial charge in [-0.15, -0.1) is 24.8 Å². The van der Waals surface area contributed by atoms with E-state index >= 15 is 0 Å². The Labute approximate surface area is 96.9 Å². The van der Waals surface area contributed by atoms with Gasteiger partial charge in [0.1, 0.15) is 5.75 Å². The van der Waals surface area contributed by atoms with Gasteiger partial charge >= 0.3 is 0 Å². The summed E-state index contributed by atoms with van der Waals surface area (Å²) in [5.74, 6) is 0.842. The molecule has 2 N–H and O–H groups in total. The molecule has 0 aliphatic rings. The molecule has 1 aromatic heterocycles. The minimum atomic E-state index is 0. The van der Waals surface area contributed by atoms with Crippen LogP contribution in [0.3, 0.4) is 0 Å². The number of methoxy groups -OCH3 is 1. The van der Waals surface area contributed by atoms with Gasteiger partial charge in [-0.3, -0.25) is 4.98 Å². The van der Waals surface area contributed by atoms with Gasteiger partial charge in [-0.2, -0.15) is 0 Å². The molecule has 0 spiro atoms. The first-order chi connectivity index (χ1) is 5.81. The molecular formula is C9H16Cl2N2O. The Morgan fingerprint density at radius 1 is 1.36 bits per heavy atom. The van der Waals surface area contributed by atoms with Crippen molar-refractivity contribution in [3.63, 3.8) is 0 Å². The quantitative estimate of drug-likeness (QED) is 0.876. The summed E-state index contributed by atoms with van der Waals surface area (Å²) in [6, 6.07) is 3.80. The molecule has 1 aromatic rings. The Hall–Kier alpha value is -0.510. The second-order valence-corrected chi connectivity index (χ2v) is 2.51. The molecule has 0 radical (unpaired) electrons. The van der Waals surface area contributed by atoms with E-state index in [0.29, 0.717) is 6.54 Å². The first kappa shape index (κ1) is 15.9. The largest absolute Gasteiger partial charge is 0.495 e. The standard InChI is InChI=1S/C9H14N2O.2ClH/c1-3-8-9(12-2)5-4-7(6-10)11-8;;/h4-5H,3,6,10H2,1-2H3;2*1H. The highest BCUT2D eigenvalue weighted by atomic mass is 35.5. The van der Waals surface area contributed by atoms with Crippen molar-refractivity contribution in [3.8, 4) is 5.75 Å². The molecule has 14 heavy (non-hydrogen) atoms. The summed E-state index contributed by atoms with van der Waals surface area (Å²) in [6.45, 7) is 2.53. The van der Waals surface area contributed by atoms with E-state index in [-0.39, 0.29) is 24.8 Å². The van der Waals surface area contributed by atoms with Gasteiger partial charge in [-0.05, 0) is 18.6 Å². The lowest BCUT2D eigenvalue weighted by Gasteiger charge is -2.06. The molecule has 5 heteroatoms. The average molecular weight is 239 g/mol. The van der Waals surface area contributed by atoms with Gasteiger partial charge in [0.2, 0.25) is 0 Å². The number of pyridine rings is 1. The summed E-state index contributed by atoms with van der Waals surface area (Å²) in [7, 11) is 1.65. The molecule has 1 rings (SSSR count). The molecule has 0 aliphatic carbocycles. The van der Waals surface area contributed by atoms with Crippen LogP contribution in [-0.2, 0) is 13.0 Å². The molecule has 0 amide bonds. The van der Waals surface area contributed by atoms with Crippen molar-refractivity contribution in [2.75, 3.05) is 7.11 Å². The number of hydrogen-bond donors (Lipinski definition) is 1. The van der Waals surface area contributed by atoms with Crippen LogP contribution >= 0.6 is 24.8 Å². The molecule has 0 saturated carbocycles. The van der Waals surface area contributed by atoms with E-state index in [1.54, 1.807) is 7.11 Å². The highest BCUT2D eigenvalue weighted by Crippen LogP contribution is 2.16. The van der Waals surface area contributed by atoms with Crippen molar-refractivity contribution in [1.82, 2.24) is 4.98 Å². The Kier molecular flexibility index (Phi) is 8.94. The third-order valence-electron chi connectivity index (χ3n) is 1.75. The number of aromatic nitrogens is 1. The first-order valence-corrected chi connectivity index (χ1v) is 4.04. The van der Waals surface area contributed by atoms with Gasteiger partial charge in [0, 0.05) is 6.54 Å². The number of ether oxygens (including phenoxy) is 1. The summed E-state index contributed by atoms with van der Waals surface area (Å²) in [4.78, 5) is 4.33. The molecule has 0 bridgehead atoms. The summed E-state index contributed by atoms with van der Waals surface area (Å²) in [5, 5.41) is 0. The maximum absolute atomic E-state index is 5.46. The molecule has 0 saturated heterocycles. The third-order valence-corrected chi connectivity index (χ3v) is 1.75. The second-order valence-electron chi connectivity index (χ2n) is 2.51. The Balaban J connectivity index is 0. The van der Waals surface area contributed by atoms with E-state index in [9.17, 15) is 0 Å². The zero-order valence-electron chi connectivity index (χ0n) is 8.32. The van der Waals surface area contributed by atoms with Gasteiger partial charge in [0.05, 0.1) is 18.5 Å². The molecule has 0 fully saturated rings. The lowest BCUT2D eigenvalue weighted by atomic mass is 10.2. The van der Waals surface area contributed by atoms with E-state index in [4.69, 9.17) is 10.5 Å². The lowest BCUT2D eigenvalue weighted by molar-refractivity contribution is 0.407. The topological polar surface area (TPSA) is 48.1 Å². The van der Waals surface area contributed by atoms with Crippen LogP contribution in [0.15, 0.2) is 12.1 Å². The Bertz CT molecular complexity index is 269. The zero-order chi connectivity index (χ0) is 8.97. The SMILES string of the molecule is CCc1nc(CN)ccc1OC.Cl.Cl. The Morgan fingerprint density at radius 3 is 2.43 bits per heavy atom. The van der Waals surface area contributed by atoms with E-state index in [1.165, 1.54) is 0 Å². The van der Waals surface area contributed by atoms with Crippen LogP contribution in [0, 0.1) is 0 Å². The highest BCUT2D eigenvalue weighted by Gasteiger charge is 2.02. The van der Waals surface area contributed by atoms with Crippen molar-refractivity contribution >= 4 is 24.8 Å². The summed E-state index contributed by atoms with van der Waals surface area (Å²) in [6.07, 6.45) is 0.872. The van der Waals surface area contributed by atoms with Crippen LogP contribution in [0.2, 0.25) is 0 Å². The Morgan fingerprint density at radius 2 is 2.00 bits per heavy atom. The summed E-state index contributed by atoms with van der Waals surface area (Å²) in [5.41, 5.74) is 7.34. The van der Waals surface area contributed by atoms with Gasteiger partial charge in [0.15, 0.2) is 0 Å². The number of rotatable bonds is 3. The molecular weight excluding hydrogens is 223 g/mol. The fourth-order valence-electron chi connectivity index (χ4n) is 1.09. The monoisotopic (exact) mass is 238 g/mol. The van der Waals surface area contributed by atoms with Crippen LogP contribution in [0.5, 0.6) is 5.75 Å². The van der Waals surface area contributed by atoms with Crippen LogP contribution in [0.4, 0.5) is 0 Å². The van der Waals surface area contributed by atoms with Crippen LogP contribution in [-0.4, -0.2) is 12.1 Å². The van der Waals surface area contributed by atoms with Crippen molar-refractivity contribution in [3.05, 3.63) is 23.5 Å². The molecule has 3 nitrogen and oxygen atoms in total. The molecule has 0 unspecified atom stereocenters. The number of nitrogens with two attached hydrogens (primary N) is 1. The van der Waals surface area contributed by atoms with E-state index in [0.717, 1.165) is 23.6 Å². The van der Waals surface area contributed by atoms with Crippen molar-refractivity contribution in [2.24, 2.45) is 5.73 Å². The molecule has 82 valence electrons. The molecule has 0 aliphatic heterocycles. The number of halogens is 2. The molecule has 0 atom stereocenters. The van der Waals surface area contributed by atoms with Gasteiger partial charge < -0.3 is 10.5 Å². The lowest BCUT2D eigenvalue weighted by Crippen LogP contribution is -2.03. The highest BCUT2D eigenvalue weighted by molar-refractivity contribution is 5.85. The predicted octanol–water partition coefficient (Wildman–Crippen LogP) is 1.95. The number of nitrogens with zero attached hydrogens (tertiary/aromatic N) is 1. The van der Waals surface area contributed by atoms with E-state index in [1.807, 2.05) is 19.1 Å². The summed E-state index contributed by atoms with van der Waals surface area (Å²) >= 11 is 0. The smallest absolute Gasteiger partial charge is 0.140 e. The van der Waals surface area contributed by atoms with Crippen molar-refractivity contribution in [2.45, 2.75) is 19.9 Å². The molecule has 0 aromatic carbocycles. The predicted molar refractivity (Wildman–Crippen MR) is 62.6 cm³/mol. The minimum absolute atomic E-state index is 0. The molecule has 1 heterocycles. The van der Waals surface area contributed by atoms with E-state index < -0.39 is 0 Å². The zero-order valence-corrected chi connectivity index (χ0v) is 9.95. The summed E-state index contributed by atoms with van der Waals surface area (Å²) < 4.78 is 5.13. The van der Waals surface area contributed by atoms with Gasteiger partial charge in [-0.1, -0.05) is 6.92 Å². The number of aryl methyl sites for hydroxylation is 1. The first-order valence-electron chi connectivity index (χ1n) is 4.04. The third kappa shape index (κ3) is 3.70. The minimum Gasteiger partial charge on any atom is -0.495 e. The average Bonchev–Trinajstić information content (AvgIpc) is 2.16. The number of hydrogen-bond acceptors (Lipinski definition) is 3.